The minimum atomic E-state index is 0.693. The van der Waals surface area contributed by atoms with Crippen molar-refractivity contribution in [1.82, 2.24) is 14.5 Å². The Morgan fingerprint density at radius 3 is 1.79 bits per heavy atom. The lowest BCUT2D eigenvalue weighted by Crippen LogP contribution is -1.97. The van der Waals surface area contributed by atoms with Gasteiger partial charge >= 0.3 is 0 Å². The van der Waals surface area contributed by atoms with Crippen LogP contribution in [0.25, 0.3) is 106 Å². The minimum absolute atomic E-state index is 0.693. The van der Waals surface area contributed by atoms with Crippen molar-refractivity contribution in [2.75, 3.05) is 0 Å². The van der Waals surface area contributed by atoms with Gasteiger partial charge in [-0.15, -0.1) is 0 Å². The van der Waals surface area contributed by atoms with E-state index in [0.29, 0.717) is 5.82 Å². The van der Waals surface area contributed by atoms with Gasteiger partial charge in [-0.3, -0.25) is 0 Å². The summed E-state index contributed by atoms with van der Waals surface area (Å²) >= 11 is 0. The highest BCUT2D eigenvalue weighted by Crippen LogP contribution is 2.41. The van der Waals surface area contributed by atoms with Gasteiger partial charge in [-0.1, -0.05) is 152 Å². The Labute approximate surface area is 323 Å². The SMILES string of the molecule is c1ccc(-c2cc(-c3cccc(-c4cccc5c4c4ccccc4n5-c4ccc5oc6ccccc6c5c4)c3)nc(-c3ccccc3-c3ccccc3)n2)cc1. The molecule has 0 bridgehead atoms. The van der Waals surface area contributed by atoms with Crippen LogP contribution in [0.2, 0.25) is 0 Å². The average Bonchev–Trinajstić information content (AvgIpc) is 3.82. The molecule has 3 heterocycles. The van der Waals surface area contributed by atoms with E-state index in [-0.39, 0.29) is 0 Å². The zero-order valence-corrected chi connectivity index (χ0v) is 30.3. The van der Waals surface area contributed by atoms with Crippen molar-refractivity contribution in [3.63, 3.8) is 0 Å². The summed E-state index contributed by atoms with van der Waals surface area (Å²) in [5, 5.41) is 4.64. The predicted octanol–water partition coefficient (Wildman–Crippen LogP) is 13.8. The van der Waals surface area contributed by atoms with Gasteiger partial charge in [0, 0.05) is 43.9 Å². The summed E-state index contributed by atoms with van der Waals surface area (Å²) < 4.78 is 8.58. The first-order valence-corrected chi connectivity index (χ1v) is 18.9. The molecule has 0 spiro atoms. The van der Waals surface area contributed by atoms with Gasteiger partial charge in [0.05, 0.1) is 22.4 Å². The first-order chi connectivity index (χ1) is 27.8. The zero-order chi connectivity index (χ0) is 37.0. The number of fused-ring (bicyclic) bond motifs is 6. The number of benzene rings is 8. The summed E-state index contributed by atoms with van der Waals surface area (Å²) in [6.45, 7) is 0. The van der Waals surface area contributed by atoms with E-state index in [0.717, 1.165) is 83.4 Å². The number of rotatable bonds is 6. The maximum atomic E-state index is 6.20. The van der Waals surface area contributed by atoms with Crippen LogP contribution in [0.15, 0.2) is 205 Å². The van der Waals surface area contributed by atoms with Crippen molar-refractivity contribution in [3.8, 4) is 61.8 Å². The van der Waals surface area contributed by atoms with E-state index in [4.69, 9.17) is 14.4 Å². The maximum absolute atomic E-state index is 6.20. The van der Waals surface area contributed by atoms with E-state index in [1.165, 1.54) is 16.3 Å². The molecule has 8 aromatic carbocycles. The number of para-hydroxylation sites is 2. The molecule has 4 nitrogen and oxygen atoms in total. The molecule has 11 rings (SSSR count). The minimum Gasteiger partial charge on any atom is -0.456 e. The van der Waals surface area contributed by atoms with Crippen molar-refractivity contribution < 1.29 is 4.42 Å². The van der Waals surface area contributed by atoms with Crippen LogP contribution in [-0.4, -0.2) is 14.5 Å². The number of hydrogen-bond donors (Lipinski definition) is 0. The van der Waals surface area contributed by atoms with Crippen LogP contribution >= 0.6 is 0 Å². The maximum Gasteiger partial charge on any atom is 0.161 e. The summed E-state index contributed by atoms with van der Waals surface area (Å²) in [6.07, 6.45) is 0. The van der Waals surface area contributed by atoms with Gasteiger partial charge in [0.25, 0.3) is 0 Å². The molecule has 0 N–H and O–H groups in total. The molecular formula is C52H33N3O. The van der Waals surface area contributed by atoms with Crippen LogP contribution in [-0.2, 0) is 0 Å². The van der Waals surface area contributed by atoms with Gasteiger partial charge in [0.15, 0.2) is 5.82 Å². The molecule has 0 atom stereocenters. The van der Waals surface area contributed by atoms with Crippen LogP contribution in [0.3, 0.4) is 0 Å². The predicted molar refractivity (Wildman–Crippen MR) is 231 cm³/mol. The monoisotopic (exact) mass is 715 g/mol. The number of furan rings is 1. The molecule has 0 amide bonds. The molecule has 0 unspecified atom stereocenters. The highest BCUT2D eigenvalue weighted by Gasteiger charge is 2.19. The molecular weight excluding hydrogens is 683 g/mol. The molecule has 0 aliphatic carbocycles. The number of nitrogens with zero attached hydrogens (tertiary/aromatic N) is 3. The lowest BCUT2D eigenvalue weighted by molar-refractivity contribution is 0.669. The Bertz CT molecular complexity index is 3250. The van der Waals surface area contributed by atoms with Crippen molar-refractivity contribution >= 4 is 43.7 Å². The van der Waals surface area contributed by atoms with Gasteiger partial charge in [0.2, 0.25) is 0 Å². The second kappa shape index (κ2) is 13.1. The van der Waals surface area contributed by atoms with E-state index < -0.39 is 0 Å². The van der Waals surface area contributed by atoms with E-state index in [9.17, 15) is 0 Å². The Morgan fingerprint density at radius 2 is 0.946 bits per heavy atom. The van der Waals surface area contributed by atoms with Crippen LogP contribution in [0.4, 0.5) is 0 Å². The van der Waals surface area contributed by atoms with Crippen molar-refractivity contribution in [3.05, 3.63) is 200 Å². The van der Waals surface area contributed by atoms with E-state index in [1.54, 1.807) is 0 Å². The summed E-state index contributed by atoms with van der Waals surface area (Å²) in [5.41, 5.74) is 14.5. The summed E-state index contributed by atoms with van der Waals surface area (Å²) in [7, 11) is 0. The molecule has 0 saturated carbocycles. The van der Waals surface area contributed by atoms with E-state index >= 15 is 0 Å². The molecule has 0 saturated heterocycles. The standard InChI is InChI=1S/C52H33N3O/c1-3-15-34(16-4-1)39-21-7-8-23-42(39)52-53-45(35-17-5-2-6-18-35)33-46(54-52)37-20-13-19-36(31-37)40-25-14-27-48-51(40)43-24-9-11-26-47(43)55(48)38-29-30-50-44(32-38)41-22-10-12-28-49(41)56-50/h1-33H. The van der Waals surface area contributed by atoms with Crippen LogP contribution in [0, 0.1) is 0 Å². The van der Waals surface area contributed by atoms with Crippen LogP contribution in [0.1, 0.15) is 0 Å². The molecule has 262 valence electrons. The number of hydrogen-bond acceptors (Lipinski definition) is 3. The Morgan fingerprint density at radius 1 is 0.357 bits per heavy atom. The third-order valence-electron chi connectivity index (χ3n) is 10.8. The molecule has 3 aromatic heterocycles. The van der Waals surface area contributed by atoms with Crippen molar-refractivity contribution in [2.45, 2.75) is 0 Å². The fourth-order valence-corrected chi connectivity index (χ4v) is 8.26. The van der Waals surface area contributed by atoms with Crippen LogP contribution in [0.5, 0.6) is 0 Å². The van der Waals surface area contributed by atoms with Crippen molar-refractivity contribution in [2.24, 2.45) is 0 Å². The normalized spacial score (nSPS) is 11.6. The second-order valence-electron chi connectivity index (χ2n) is 14.2. The molecule has 11 aromatic rings. The highest BCUT2D eigenvalue weighted by molar-refractivity contribution is 6.16. The smallest absolute Gasteiger partial charge is 0.161 e. The lowest BCUT2D eigenvalue weighted by Gasteiger charge is -2.13. The second-order valence-corrected chi connectivity index (χ2v) is 14.2. The molecule has 56 heavy (non-hydrogen) atoms. The largest absolute Gasteiger partial charge is 0.456 e. The Hall–Kier alpha value is -7.56. The van der Waals surface area contributed by atoms with Crippen LogP contribution < -0.4 is 0 Å². The fourth-order valence-electron chi connectivity index (χ4n) is 8.26. The molecule has 0 aliphatic heterocycles. The molecule has 0 aliphatic rings. The Balaban J connectivity index is 1.09. The summed E-state index contributed by atoms with van der Waals surface area (Å²) in [4.78, 5) is 10.5. The van der Waals surface area contributed by atoms with E-state index in [1.807, 2.05) is 24.3 Å². The first-order valence-electron chi connectivity index (χ1n) is 18.9. The van der Waals surface area contributed by atoms with Gasteiger partial charge in [-0.25, -0.2) is 9.97 Å². The van der Waals surface area contributed by atoms with Gasteiger partial charge < -0.3 is 8.98 Å². The van der Waals surface area contributed by atoms with Gasteiger partial charge in [-0.05, 0) is 70.8 Å². The molecule has 0 fully saturated rings. The first kappa shape index (κ1) is 31.9. The van der Waals surface area contributed by atoms with Gasteiger partial charge in [0.1, 0.15) is 11.2 Å². The number of aromatic nitrogens is 3. The van der Waals surface area contributed by atoms with Crippen molar-refractivity contribution in [1.29, 1.82) is 0 Å². The highest BCUT2D eigenvalue weighted by atomic mass is 16.3. The topological polar surface area (TPSA) is 43.9 Å². The van der Waals surface area contributed by atoms with Gasteiger partial charge in [-0.2, -0.15) is 0 Å². The summed E-state index contributed by atoms with van der Waals surface area (Å²) in [5.74, 6) is 0.693. The quantitative estimate of drug-likeness (QED) is 0.172. The third-order valence-corrected chi connectivity index (χ3v) is 10.8. The average molecular weight is 716 g/mol. The molecule has 4 heteroatoms. The lowest BCUT2D eigenvalue weighted by atomic mass is 9.96. The van der Waals surface area contributed by atoms with E-state index in [2.05, 4.69) is 180 Å². The third kappa shape index (κ3) is 5.31. The summed E-state index contributed by atoms with van der Waals surface area (Å²) in [6, 6.07) is 70.2. The Kier molecular flexibility index (Phi) is 7.46. The fraction of sp³-hybridized carbons (Fsp3) is 0. The molecule has 0 radical (unpaired) electrons. The zero-order valence-electron chi connectivity index (χ0n) is 30.3.